The molecule has 1 aromatic heterocycles. The first-order valence-corrected chi connectivity index (χ1v) is 9.17. The highest BCUT2D eigenvalue weighted by Crippen LogP contribution is 2.30. The first-order chi connectivity index (χ1) is 12.6. The first kappa shape index (κ1) is 17.0. The Morgan fingerprint density at radius 2 is 1.88 bits per heavy atom. The summed E-state index contributed by atoms with van der Waals surface area (Å²) in [6, 6.07) is 15.6. The summed E-state index contributed by atoms with van der Waals surface area (Å²) < 4.78 is 0. The van der Waals surface area contributed by atoms with Gasteiger partial charge in [-0.05, 0) is 30.7 Å². The average Bonchev–Trinajstić information content (AvgIpc) is 2.68. The van der Waals surface area contributed by atoms with Crippen LogP contribution >= 0.6 is 11.6 Å². The standard InChI is InChI=1S/C21H20ClN3O/c1-14-4-2-3-5-16(14)20-13-18(22)17-7-6-15(12-19(17)24-20)21(26)25-10-8-23-9-11-25/h2-7,12-13,23H,8-11H2,1H3. The molecule has 0 unspecified atom stereocenters. The number of pyridine rings is 1. The zero-order valence-corrected chi connectivity index (χ0v) is 15.4. The highest BCUT2D eigenvalue weighted by Gasteiger charge is 2.19. The molecule has 5 heteroatoms. The number of nitrogens with zero attached hydrogens (tertiary/aromatic N) is 2. The van der Waals surface area contributed by atoms with Gasteiger partial charge in [-0.1, -0.05) is 41.9 Å². The van der Waals surface area contributed by atoms with E-state index in [0.29, 0.717) is 10.6 Å². The van der Waals surface area contributed by atoms with Crippen LogP contribution in [0.15, 0.2) is 48.5 Å². The number of carbonyl (C=O) groups is 1. The van der Waals surface area contributed by atoms with Crippen LogP contribution in [0.5, 0.6) is 0 Å². The molecule has 1 saturated heterocycles. The fraction of sp³-hybridized carbons (Fsp3) is 0.238. The Bertz CT molecular complexity index is 980. The van der Waals surface area contributed by atoms with Crippen LogP contribution in [-0.2, 0) is 0 Å². The van der Waals surface area contributed by atoms with Crippen molar-refractivity contribution in [2.24, 2.45) is 0 Å². The third kappa shape index (κ3) is 3.18. The smallest absolute Gasteiger partial charge is 0.254 e. The second-order valence-electron chi connectivity index (χ2n) is 6.58. The number of carbonyl (C=O) groups excluding carboxylic acids is 1. The van der Waals surface area contributed by atoms with Crippen molar-refractivity contribution in [2.45, 2.75) is 6.92 Å². The van der Waals surface area contributed by atoms with Gasteiger partial charge in [-0.15, -0.1) is 0 Å². The zero-order chi connectivity index (χ0) is 18.1. The molecule has 1 amide bonds. The normalized spacial score (nSPS) is 14.6. The van der Waals surface area contributed by atoms with Gasteiger partial charge in [0.2, 0.25) is 0 Å². The van der Waals surface area contributed by atoms with Crippen molar-refractivity contribution in [3.63, 3.8) is 0 Å². The summed E-state index contributed by atoms with van der Waals surface area (Å²) in [6.45, 7) is 5.18. The molecule has 132 valence electrons. The molecule has 1 fully saturated rings. The lowest BCUT2D eigenvalue weighted by Crippen LogP contribution is -2.46. The minimum absolute atomic E-state index is 0.0487. The lowest BCUT2D eigenvalue weighted by atomic mass is 10.0. The molecule has 0 bridgehead atoms. The summed E-state index contributed by atoms with van der Waals surface area (Å²) in [5.41, 5.74) is 4.42. The second-order valence-corrected chi connectivity index (χ2v) is 6.99. The zero-order valence-electron chi connectivity index (χ0n) is 14.6. The third-order valence-corrected chi connectivity index (χ3v) is 5.14. The number of aryl methyl sites for hydroxylation is 1. The van der Waals surface area contributed by atoms with E-state index in [9.17, 15) is 4.79 Å². The molecular weight excluding hydrogens is 346 g/mol. The molecule has 1 aliphatic rings. The van der Waals surface area contributed by atoms with E-state index in [2.05, 4.69) is 18.3 Å². The minimum Gasteiger partial charge on any atom is -0.336 e. The van der Waals surface area contributed by atoms with Crippen LogP contribution in [-0.4, -0.2) is 42.0 Å². The summed E-state index contributed by atoms with van der Waals surface area (Å²) in [5.74, 6) is 0.0487. The van der Waals surface area contributed by atoms with Crippen molar-refractivity contribution in [3.05, 3.63) is 64.7 Å². The van der Waals surface area contributed by atoms with Gasteiger partial charge in [-0.3, -0.25) is 4.79 Å². The molecule has 2 aromatic carbocycles. The Morgan fingerprint density at radius 1 is 1.12 bits per heavy atom. The molecule has 0 radical (unpaired) electrons. The first-order valence-electron chi connectivity index (χ1n) is 8.80. The van der Waals surface area contributed by atoms with Gasteiger partial charge in [0.15, 0.2) is 0 Å². The van der Waals surface area contributed by atoms with Crippen molar-refractivity contribution in [1.82, 2.24) is 15.2 Å². The number of nitrogens with one attached hydrogen (secondary N) is 1. The van der Waals surface area contributed by atoms with Crippen molar-refractivity contribution < 1.29 is 4.79 Å². The number of halogens is 1. The molecule has 1 N–H and O–H groups in total. The van der Waals surface area contributed by atoms with Crippen molar-refractivity contribution in [1.29, 1.82) is 0 Å². The predicted octanol–water partition coefficient (Wildman–Crippen LogP) is 3.91. The monoisotopic (exact) mass is 365 g/mol. The van der Waals surface area contributed by atoms with E-state index in [-0.39, 0.29) is 5.91 Å². The third-order valence-electron chi connectivity index (χ3n) is 4.83. The lowest BCUT2D eigenvalue weighted by molar-refractivity contribution is 0.0736. The van der Waals surface area contributed by atoms with Gasteiger partial charge in [0, 0.05) is 42.7 Å². The highest BCUT2D eigenvalue weighted by molar-refractivity contribution is 6.35. The quantitative estimate of drug-likeness (QED) is 0.749. The van der Waals surface area contributed by atoms with E-state index in [0.717, 1.165) is 53.9 Å². The molecule has 1 aliphatic heterocycles. The molecule has 4 rings (SSSR count). The number of amides is 1. The topological polar surface area (TPSA) is 45.2 Å². The summed E-state index contributed by atoms with van der Waals surface area (Å²) >= 11 is 6.50. The molecule has 0 atom stereocenters. The Labute approximate surface area is 157 Å². The predicted molar refractivity (Wildman–Crippen MR) is 106 cm³/mol. The maximum absolute atomic E-state index is 12.8. The van der Waals surface area contributed by atoms with Crippen LogP contribution in [0.25, 0.3) is 22.2 Å². The van der Waals surface area contributed by atoms with Crippen LogP contribution < -0.4 is 5.32 Å². The second kappa shape index (κ2) is 7.06. The summed E-state index contributed by atoms with van der Waals surface area (Å²) in [4.78, 5) is 19.4. The molecule has 0 spiro atoms. The van der Waals surface area contributed by atoms with Crippen LogP contribution in [0.1, 0.15) is 15.9 Å². The van der Waals surface area contributed by atoms with Crippen LogP contribution in [0.3, 0.4) is 0 Å². The number of benzene rings is 2. The molecule has 2 heterocycles. The Balaban J connectivity index is 1.77. The van der Waals surface area contributed by atoms with E-state index in [1.807, 2.05) is 47.4 Å². The van der Waals surface area contributed by atoms with Gasteiger partial charge in [0.05, 0.1) is 16.2 Å². The number of fused-ring (bicyclic) bond motifs is 1. The SMILES string of the molecule is Cc1ccccc1-c1cc(Cl)c2ccc(C(=O)N3CCNCC3)cc2n1. The van der Waals surface area contributed by atoms with E-state index < -0.39 is 0 Å². The van der Waals surface area contributed by atoms with E-state index in [1.165, 1.54) is 0 Å². The summed E-state index contributed by atoms with van der Waals surface area (Å²) in [6.07, 6.45) is 0. The van der Waals surface area contributed by atoms with Crippen LogP contribution in [0, 0.1) is 6.92 Å². The maximum atomic E-state index is 12.8. The van der Waals surface area contributed by atoms with Crippen molar-refractivity contribution >= 4 is 28.4 Å². The number of hydrogen-bond donors (Lipinski definition) is 1. The maximum Gasteiger partial charge on any atom is 0.254 e. The van der Waals surface area contributed by atoms with Gasteiger partial charge in [0.25, 0.3) is 5.91 Å². The van der Waals surface area contributed by atoms with E-state index in [1.54, 1.807) is 0 Å². The Morgan fingerprint density at radius 3 is 2.65 bits per heavy atom. The fourth-order valence-corrected chi connectivity index (χ4v) is 3.63. The summed E-state index contributed by atoms with van der Waals surface area (Å²) in [7, 11) is 0. The molecule has 0 saturated carbocycles. The van der Waals surface area contributed by atoms with Crippen molar-refractivity contribution in [2.75, 3.05) is 26.2 Å². The molecule has 3 aromatic rings. The van der Waals surface area contributed by atoms with Gasteiger partial charge in [-0.25, -0.2) is 4.98 Å². The van der Waals surface area contributed by atoms with E-state index >= 15 is 0 Å². The minimum atomic E-state index is 0.0487. The average molecular weight is 366 g/mol. The number of hydrogen-bond acceptors (Lipinski definition) is 3. The number of piperazine rings is 1. The Hall–Kier alpha value is -2.43. The van der Waals surface area contributed by atoms with Gasteiger partial charge in [0.1, 0.15) is 0 Å². The highest BCUT2D eigenvalue weighted by atomic mass is 35.5. The lowest BCUT2D eigenvalue weighted by Gasteiger charge is -2.27. The van der Waals surface area contributed by atoms with E-state index in [4.69, 9.17) is 16.6 Å². The Kier molecular flexibility index (Phi) is 4.62. The fourth-order valence-electron chi connectivity index (χ4n) is 3.37. The molecular formula is C21H20ClN3O. The van der Waals surface area contributed by atoms with Crippen LogP contribution in [0.4, 0.5) is 0 Å². The number of aromatic nitrogens is 1. The molecule has 0 aliphatic carbocycles. The molecule has 26 heavy (non-hydrogen) atoms. The van der Waals surface area contributed by atoms with Crippen molar-refractivity contribution in [3.8, 4) is 11.3 Å². The molecule has 4 nitrogen and oxygen atoms in total. The van der Waals surface area contributed by atoms with Gasteiger partial charge in [-0.2, -0.15) is 0 Å². The number of rotatable bonds is 2. The summed E-state index contributed by atoms with van der Waals surface area (Å²) in [5, 5.41) is 4.77. The largest absolute Gasteiger partial charge is 0.336 e. The van der Waals surface area contributed by atoms with Gasteiger partial charge < -0.3 is 10.2 Å². The van der Waals surface area contributed by atoms with Crippen LogP contribution in [0.2, 0.25) is 5.02 Å². The van der Waals surface area contributed by atoms with Gasteiger partial charge >= 0.3 is 0 Å².